The van der Waals surface area contributed by atoms with Crippen LogP contribution in [0.5, 0.6) is 5.75 Å². The minimum absolute atomic E-state index is 0.165. The molecule has 2 rings (SSSR count). The van der Waals surface area contributed by atoms with Crippen LogP contribution in [0.15, 0.2) is 42.6 Å². The Bertz CT molecular complexity index is 457. The highest BCUT2D eigenvalue weighted by Gasteiger charge is 2.04. The van der Waals surface area contributed by atoms with E-state index in [-0.39, 0.29) is 5.75 Å². The third-order valence-corrected chi connectivity index (χ3v) is 2.21. The molecule has 0 unspecified atom stereocenters. The highest BCUT2D eigenvalue weighted by Crippen LogP contribution is 2.16. The Kier molecular flexibility index (Phi) is 3.65. The third-order valence-electron chi connectivity index (χ3n) is 2.21. The van der Waals surface area contributed by atoms with E-state index in [4.69, 9.17) is 0 Å². The van der Waals surface area contributed by atoms with Crippen molar-refractivity contribution in [3.63, 3.8) is 0 Å². The van der Waals surface area contributed by atoms with Crippen LogP contribution in [0.3, 0.4) is 0 Å². The van der Waals surface area contributed by atoms with Crippen molar-refractivity contribution in [3.05, 3.63) is 59.9 Å². The second-order valence-corrected chi connectivity index (χ2v) is 3.45. The molecule has 4 heteroatoms. The van der Waals surface area contributed by atoms with Crippen molar-refractivity contribution in [3.8, 4) is 5.75 Å². The van der Waals surface area contributed by atoms with Gasteiger partial charge in [0.2, 0.25) is 0 Å². The van der Waals surface area contributed by atoms with Crippen LogP contribution < -0.4 is 4.74 Å². The number of benzene rings is 1. The first-order chi connectivity index (χ1) is 8.24. The second-order valence-electron chi connectivity index (χ2n) is 3.45. The number of rotatable bonds is 4. The molecule has 0 fully saturated rings. The molecule has 87 valence electrons. The molecule has 2 aromatic rings. The first-order valence-electron chi connectivity index (χ1n) is 5.09. The van der Waals surface area contributed by atoms with Crippen molar-refractivity contribution in [2.24, 2.45) is 0 Å². The fourth-order valence-corrected chi connectivity index (χ4v) is 1.45. The van der Waals surface area contributed by atoms with Gasteiger partial charge in [0.25, 0.3) is 0 Å². The third kappa shape index (κ3) is 3.52. The Hall–Kier alpha value is -1.97. The van der Waals surface area contributed by atoms with Crippen LogP contribution in [0.1, 0.15) is 11.3 Å². The van der Waals surface area contributed by atoms with Gasteiger partial charge in [-0.3, -0.25) is 4.98 Å². The molecule has 17 heavy (non-hydrogen) atoms. The van der Waals surface area contributed by atoms with E-state index in [0.717, 1.165) is 11.3 Å². The summed E-state index contributed by atoms with van der Waals surface area (Å²) in [6.07, 6.45) is 2.26. The number of aromatic nitrogens is 1. The Morgan fingerprint density at radius 3 is 2.53 bits per heavy atom. The molecular formula is C13H10F2NO. The molecule has 0 aliphatic heterocycles. The van der Waals surface area contributed by atoms with E-state index < -0.39 is 6.61 Å². The van der Waals surface area contributed by atoms with Crippen LogP contribution in [0.4, 0.5) is 8.78 Å². The molecule has 0 atom stereocenters. The minimum Gasteiger partial charge on any atom is -0.435 e. The summed E-state index contributed by atoms with van der Waals surface area (Å²) in [6.45, 7) is -2.79. The van der Waals surface area contributed by atoms with Gasteiger partial charge in [-0.05, 0) is 23.8 Å². The number of nitrogens with zero attached hydrogens (tertiary/aromatic N) is 1. The first-order valence-corrected chi connectivity index (χ1v) is 5.09. The molecule has 0 amide bonds. The van der Waals surface area contributed by atoms with Crippen molar-refractivity contribution < 1.29 is 13.5 Å². The number of alkyl halides is 2. The average Bonchev–Trinajstić information content (AvgIpc) is 2.32. The SMILES string of the molecule is FC(F)Oc1ccc(Cc2cc[c]cn2)cc1. The van der Waals surface area contributed by atoms with E-state index in [1.54, 1.807) is 24.4 Å². The highest BCUT2D eigenvalue weighted by atomic mass is 19.3. The lowest BCUT2D eigenvalue weighted by atomic mass is 10.1. The maximum Gasteiger partial charge on any atom is 0.387 e. The van der Waals surface area contributed by atoms with E-state index >= 15 is 0 Å². The van der Waals surface area contributed by atoms with E-state index in [1.807, 2.05) is 6.07 Å². The van der Waals surface area contributed by atoms with Gasteiger partial charge in [0.1, 0.15) is 5.75 Å². The normalized spacial score (nSPS) is 10.5. The zero-order valence-electron chi connectivity index (χ0n) is 8.94. The maximum atomic E-state index is 11.9. The summed E-state index contributed by atoms with van der Waals surface area (Å²) >= 11 is 0. The van der Waals surface area contributed by atoms with Crippen LogP contribution in [-0.2, 0) is 6.42 Å². The molecule has 0 aliphatic rings. The topological polar surface area (TPSA) is 22.1 Å². The zero-order valence-corrected chi connectivity index (χ0v) is 8.94. The average molecular weight is 234 g/mol. The number of hydrogen-bond acceptors (Lipinski definition) is 2. The van der Waals surface area contributed by atoms with Gasteiger partial charge in [-0.2, -0.15) is 8.78 Å². The molecule has 0 N–H and O–H groups in total. The van der Waals surface area contributed by atoms with Crippen molar-refractivity contribution >= 4 is 0 Å². The van der Waals surface area contributed by atoms with E-state index in [2.05, 4.69) is 15.8 Å². The largest absolute Gasteiger partial charge is 0.435 e. The molecule has 0 saturated heterocycles. The van der Waals surface area contributed by atoms with Gasteiger partial charge in [0, 0.05) is 24.4 Å². The summed E-state index contributed by atoms with van der Waals surface area (Å²) in [5, 5.41) is 0. The number of ether oxygens (including phenoxy) is 1. The van der Waals surface area contributed by atoms with Crippen LogP contribution in [-0.4, -0.2) is 11.6 Å². The van der Waals surface area contributed by atoms with Crippen molar-refractivity contribution in [1.29, 1.82) is 0 Å². The Labute approximate surface area is 97.9 Å². The van der Waals surface area contributed by atoms with Crippen LogP contribution in [0, 0.1) is 6.07 Å². The second kappa shape index (κ2) is 5.39. The molecule has 0 saturated carbocycles. The Morgan fingerprint density at radius 1 is 1.18 bits per heavy atom. The number of hydrogen-bond donors (Lipinski definition) is 0. The molecule has 1 aromatic carbocycles. The minimum atomic E-state index is -2.79. The molecular weight excluding hydrogens is 224 g/mol. The lowest BCUT2D eigenvalue weighted by molar-refractivity contribution is -0.0498. The summed E-state index contributed by atoms with van der Waals surface area (Å²) in [7, 11) is 0. The van der Waals surface area contributed by atoms with E-state index in [1.165, 1.54) is 12.1 Å². The van der Waals surface area contributed by atoms with Crippen molar-refractivity contribution in [1.82, 2.24) is 4.98 Å². The highest BCUT2D eigenvalue weighted by molar-refractivity contribution is 5.29. The van der Waals surface area contributed by atoms with Crippen LogP contribution in [0.25, 0.3) is 0 Å². The fourth-order valence-electron chi connectivity index (χ4n) is 1.45. The molecule has 1 radical (unpaired) electrons. The van der Waals surface area contributed by atoms with Crippen molar-refractivity contribution in [2.75, 3.05) is 0 Å². The van der Waals surface area contributed by atoms with Gasteiger partial charge in [0.15, 0.2) is 0 Å². The predicted octanol–water partition coefficient (Wildman–Crippen LogP) is 3.07. The lowest BCUT2D eigenvalue weighted by Crippen LogP contribution is -2.01. The summed E-state index contributed by atoms with van der Waals surface area (Å²) in [5.74, 6) is 0.165. The quantitative estimate of drug-likeness (QED) is 0.811. The molecule has 2 nitrogen and oxygen atoms in total. The van der Waals surface area contributed by atoms with Gasteiger partial charge in [-0.1, -0.05) is 18.2 Å². The van der Waals surface area contributed by atoms with Gasteiger partial charge in [-0.25, -0.2) is 0 Å². The fraction of sp³-hybridized carbons (Fsp3) is 0.154. The van der Waals surface area contributed by atoms with Gasteiger partial charge >= 0.3 is 6.61 Å². The van der Waals surface area contributed by atoms with Gasteiger partial charge in [-0.15, -0.1) is 0 Å². The zero-order chi connectivity index (χ0) is 12.1. The Morgan fingerprint density at radius 2 is 1.94 bits per heavy atom. The number of pyridine rings is 1. The van der Waals surface area contributed by atoms with Gasteiger partial charge < -0.3 is 4.74 Å². The smallest absolute Gasteiger partial charge is 0.387 e. The lowest BCUT2D eigenvalue weighted by Gasteiger charge is -2.05. The maximum absolute atomic E-state index is 11.9. The van der Waals surface area contributed by atoms with Gasteiger partial charge in [0.05, 0.1) is 0 Å². The van der Waals surface area contributed by atoms with E-state index in [9.17, 15) is 8.78 Å². The number of halogens is 2. The molecule has 0 bridgehead atoms. The van der Waals surface area contributed by atoms with Crippen molar-refractivity contribution in [2.45, 2.75) is 13.0 Å². The van der Waals surface area contributed by atoms with Crippen LogP contribution in [0.2, 0.25) is 0 Å². The summed E-state index contributed by atoms with van der Waals surface area (Å²) in [5.41, 5.74) is 1.90. The molecule has 0 aliphatic carbocycles. The molecule has 1 heterocycles. The monoisotopic (exact) mass is 234 g/mol. The molecule has 0 spiro atoms. The summed E-state index contributed by atoms with van der Waals surface area (Å²) in [6, 6.07) is 13.0. The predicted molar refractivity (Wildman–Crippen MR) is 59.0 cm³/mol. The Balaban J connectivity index is 2.03. The summed E-state index contributed by atoms with van der Waals surface area (Å²) in [4.78, 5) is 4.14. The van der Waals surface area contributed by atoms with E-state index in [0.29, 0.717) is 6.42 Å². The first kappa shape index (κ1) is 11.5. The standard InChI is InChI=1S/C13H10F2NO/c14-13(15)17-12-6-4-10(5-7-12)9-11-3-1-2-8-16-11/h1,3-8,13H,9H2. The van der Waals surface area contributed by atoms with Crippen LogP contribution >= 0.6 is 0 Å². The molecule has 1 aromatic heterocycles. The summed E-state index contributed by atoms with van der Waals surface area (Å²) < 4.78 is 28.1.